The van der Waals surface area contributed by atoms with Crippen molar-refractivity contribution in [3.63, 3.8) is 0 Å². The number of rotatable bonds is 1. The quantitative estimate of drug-likeness (QED) is 0.755. The molecule has 7 heteroatoms. The molecule has 0 amide bonds. The molecule has 1 aromatic heterocycles. The molecule has 5 nitrogen and oxygen atoms in total. The molecular weight excluding hydrogens is 230 g/mol. The molecule has 0 aliphatic heterocycles. The second-order valence-electron chi connectivity index (χ2n) is 2.54. The highest BCUT2D eigenvalue weighted by atomic mass is 35.7. The van der Waals surface area contributed by atoms with Crippen LogP contribution in [0.3, 0.4) is 0 Å². The maximum Gasteiger partial charge on any atom is 0.332 e. The highest BCUT2D eigenvalue weighted by Gasteiger charge is 2.19. The Morgan fingerprint density at radius 1 is 1.43 bits per heavy atom. The Morgan fingerprint density at radius 3 is 2.71 bits per heavy atom. The van der Waals surface area contributed by atoms with Crippen molar-refractivity contribution in [1.29, 1.82) is 0 Å². The largest absolute Gasteiger partial charge is 0.506 e. The average molecular weight is 234 g/mol. The lowest BCUT2D eigenvalue weighted by Gasteiger charge is -1.87. The van der Waals surface area contributed by atoms with Crippen LogP contribution >= 0.6 is 10.7 Å². The number of aromatic hydroxyl groups is 1. The smallest absolute Gasteiger partial charge is 0.332 e. The van der Waals surface area contributed by atoms with Gasteiger partial charge in [-0.05, 0) is 12.1 Å². The minimum atomic E-state index is -4.00. The molecule has 0 bridgehead atoms. The number of hydrogen-bond acceptors (Lipinski definition) is 5. The van der Waals surface area contributed by atoms with Gasteiger partial charge in [0.05, 0.1) is 0 Å². The summed E-state index contributed by atoms with van der Waals surface area (Å²) in [5.74, 6) is -0.155. The van der Waals surface area contributed by atoms with Gasteiger partial charge in [0.25, 0.3) is 0 Å². The Bertz CT molecular complexity index is 589. The standard InChI is InChI=1S/C7H4ClNO4S/c8-14(11,12)7-9-6-4(10)2-1-3-5(6)13-7/h1-3,10H. The van der Waals surface area contributed by atoms with E-state index >= 15 is 0 Å². The molecule has 1 aromatic carbocycles. The van der Waals surface area contributed by atoms with Gasteiger partial charge in [0, 0.05) is 10.7 Å². The number of oxazole rings is 1. The van der Waals surface area contributed by atoms with E-state index in [2.05, 4.69) is 4.98 Å². The first-order chi connectivity index (χ1) is 6.48. The van der Waals surface area contributed by atoms with E-state index in [9.17, 15) is 13.5 Å². The molecule has 0 atom stereocenters. The number of halogens is 1. The average Bonchev–Trinajstić information content (AvgIpc) is 2.48. The topological polar surface area (TPSA) is 80.4 Å². The lowest BCUT2D eigenvalue weighted by atomic mass is 10.3. The molecule has 0 saturated carbocycles. The summed E-state index contributed by atoms with van der Waals surface area (Å²) in [5.41, 5.74) is 0.246. The molecule has 14 heavy (non-hydrogen) atoms. The van der Waals surface area contributed by atoms with Gasteiger partial charge in [0.2, 0.25) is 0 Å². The predicted octanol–water partition coefficient (Wildman–Crippen LogP) is 1.46. The zero-order valence-electron chi connectivity index (χ0n) is 6.64. The van der Waals surface area contributed by atoms with Crippen molar-refractivity contribution in [3.05, 3.63) is 18.2 Å². The SMILES string of the molecule is O=S(=O)(Cl)c1nc2c(O)cccc2o1. The Balaban J connectivity index is 2.81. The van der Waals surface area contributed by atoms with Crippen molar-refractivity contribution >= 4 is 30.8 Å². The fraction of sp³-hybridized carbons (Fsp3) is 0. The molecule has 74 valence electrons. The third-order valence-electron chi connectivity index (χ3n) is 1.59. The number of hydrogen-bond donors (Lipinski definition) is 1. The van der Waals surface area contributed by atoms with Crippen LogP contribution in [-0.2, 0) is 9.05 Å². The van der Waals surface area contributed by atoms with Crippen LogP contribution in [0, 0.1) is 0 Å². The van der Waals surface area contributed by atoms with Crippen molar-refractivity contribution in [2.45, 2.75) is 5.22 Å². The summed E-state index contributed by atoms with van der Waals surface area (Å²) >= 11 is 0. The minimum absolute atomic E-state index is 0.0757. The molecule has 0 fully saturated rings. The number of para-hydroxylation sites is 1. The van der Waals surface area contributed by atoms with Gasteiger partial charge in [-0.1, -0.05) is 6.07 Å². The highest BCUT2D eigenvalue weighted by Crippen LogP contribution is 2.27. The fourth-order valence-electron chi connectivity index (χ4n) is 1.02. The molecule has 1 heterocycles. The summed E-state index contributed by atoms with van der Waals surface area (Å²) < 4.78 is 26.5. The van der Waals surface area contributed by atoms with Crippen LogP contribution in [0.1, 0.15) is 0 Å². The lowest BCUT2D eigenvalue weighted by Crippen LogP contribution is -1.88. The van der Waals surface area contributed by atoms with Gasteiger partial charge in [0.1, 0.15) is 5.75 Å². The Kier molecular flexibility index (Phi) is 1.90. The van der Waals surface area contributed by atoms with Crippen molar-refractivity contribution in [2.75, 3.05) is 0 Å². The van der Waals surface area contributed by atoms with Gasteiger partial charge in [-0.2, -0.15) is 4.98 Å². The van der Waals surface area contributed by atoms with Crippen molar-refractivity contribution in [3.8, 4) is 5.75 Å². The molecule has 0 unspecified atom stereocenters. The van der Waals surface area contributed by atoms with Crippen LogP contribution in [0.5, 0.6) is 5.75 Å². The monoisotopic (exact) mass is 233 g/mol. The van der Waals surface area contributed by atoms with Gasteiger partial charge < -0.3 is 9.52 Å². The first-order valence-corrected chi connectivity index (χ1v) is 5.82. The normalized spacial score (nSPS) is 12.1. The van der Waals surface area contributed by atoms with Crippen LogP contribution in [0.15, 0.2) is 27.8 Å². The number of phenolic OH excluding ortho intramolecular Hbond substituents is 1. The van der Waals surface area contributed by atoms with E-state index in [-0.39, 0.29) is 16.8 Å². The highest BCUT2D eigenvalue weighted by molar-refractivity contribution is 8.13. The fourth-order valence-corrected chi connectivity index (χ4v) is 1.61. The summed E-state index contributed by atoms with van der Waals surface area (Å²) in [7, 11) is 1.02. The zero-order chi connectivity index (χ0) is 10.3. The molecular formula is C7H4ClNO4S. The molecule has 0 aliphatic rings. The second-order valence-corrected chi connectivity index (χ2v) is 4.99. The third kappa shape index (κ3) is 1.42. The number of benzene rings is 1. The van der Waals surface area contributed by atoms with E-state index in [1.807, 2.05) is 0 Å². The van der Waals surface area contributed by atoms with Gasteiger partial charge in [-0.3, -0.25) is 0 Å². The van der Waals surface area contributed by atoms with E-state index < -0.39 is 14.3 Å². The minimum Gasteiger partial charge on any atom is -0.506 e. The van der Waals surface area contributed by atoms with E-state index in [0.29, 0.717) is 0 Å². The molecule has 0 spiro atoms. The molecule has 0 saturated heterocycles. The maximum absolute atomic E-state index is 10.8. The summed E-state index contributed by atoms with van der Waals surface area (Å²) in [6.07, 6.45) is 0. The van der Waals surface area contributed by atoms with Crippen LogP contribution in [-0.4, -0.2) is 18.5 Å². The zero-order valence-corrected chi connectivity index (χ0v) is 8.21. The third-order valence-corrected chi connectivity index (χ3v) is 2.57. The van der Waals surface area contributed by atoms with Crippen molar-refractivity contribution in [2.24, 2.45) is 0 Å². The van der Waals surface area contributed by atoms with Crippen molar-refractivity contribution < 1.29 is 17.9 Å². The summed E-state index contributed by atoms with van der Waals surface area (Å²) in [6.45, 7) is 0. The molecule has 2 rings (SSSR count). The maximum atomic E-state index is 10.8. The number of aromatic nitrogens is 1. The number of nitrogens with zero attached hydrogens (tertiary/aromatic N) is 1. The van der Waals surface area contributed by atoms with Crippen LogP contribution in [0.4, 0.5) is 0 Å². The molecule has 1 N–H and O–H groups in total. The Morgan fingerprint density at radius 2 is 2.14 bits per heavy atom. The van der Waals surface area contributed by atoms with Gasteiger partial charge in [-0.15, -0.1) is 0 Å². The van der Waals surface area contributed by atoms with Crippen LogP contribution < -0.4 is 0 Å². The van der Waals surface area contributed by atoms with Gasteiger partial charge in [0.15, 0.2) is 11.1 Å². The lowest BCUT2D eigenvalue weighted by molar-refractivity contribution is 0.464. The van der Waals surface area contributed by atoms with Gasteiger partial charge >= 0.3 is 14.3 Å². The summed E-state index contributed by atoms with van der Waals surface area (Å²) in [5, 5.41) is 8.67. The van der Waals surface area contributed by atoms with E-state index in [4.69, 9.17) is 15.1 Å². The number of phenols is 1. The predicted molar refractivity (Wildman–Crippen MR) is 48.7 cm³/mol. The molecule has 0 radical (unpaired) electrons. The molecule has 2 aromatic rings. The van der Waals surface area contributed by atoms with Crippen LogP contribution in [0.2, 0.25) is 0 Å². The summed E-state index contributed by atoms with van der Waals surface area (Å²) in [6, 6.07) is 4.36. The van der Waals surface area contributed by atoms with Crippen LogP contribution in [0.25, 0.3) is 11.1 Å². The Hall–Kier alpha value is -1.27. The van der Waals surface area contributed by atoms with Crippen molar-refractivity contribution in [1.82, 2.24) is 4.98 Å². The summed E-state index contributed by atoms with van der Waals surface area (Å²) in [4.78, 5) is 3.55. The van der Waals surface area contributed by atoms with Gasteiger partial charge in [-0.25, -0.2) is 8.42 Å². The Labute approximate surface area is 83.4 Å². The molecule has 0 aliphatic carbocycles. The first-order valence-electron chi connectivity index (χ1n) is 3.51. The van der Waals surface area contributed by atoms with E-state index in [1.54, 1.807) is 0 Å². The number of fused-ring (bicyclic) bond motifs is 1. The first kappa shape index (κ1) is 9.29. The second kappa shape index (κ2) is 2.86. The van der Waals surface area contributed by atoms with E-state index in [1.165, 1.54) is 18.2 Å². The van der Waals surface area contributed by atoms with E-state index in [0.717, 1.165) is 0 Å².